The average Bonchev–Trinajstić information content (AvgIpc) is 2.19. The molecule has 0 aliphatic rings. The summed E-state index contributed by atoms with van der Waals surface area (Å²) in [6.45, 7) is 2.00. The molecule has 0 aromatic heterocycles. The topological polar surface area (TPSA) is 26.0 Å². The predicted molar refractivity (Wildman–Crippen MR) is 55.3 cm³/mol. The summed E-state index contributed by atoms with van der Waals surface area (Å²) in [4.78, 5) is 0.716. The van der Waals surface area contributed by atoms with Crippen LogP contribution in [0.25, 0.3) is 0 Å². The first-order valence-electron chi connectivity index (χ1n) is 4.47. The van der Waals surface area contributed by atoms with E-state index in [0.29, 0.717) is 4.90 Å². The molecule has 1 aromatic carbocycles. The van der Waals surface area contributed by atoms with E-state index in [1.54, 1.807) is 6.07 Å². The minimum Gasteiger partial charge on any atom is -0.327 e. The second-order valence-electron chi connectivity index (χ2n) is 3.06. The molecule has 0 aliphatic heterocycles. The zero-order valence-corrected chi connectivity index (χ0v) is 8.78. The fraction of sp³-hybridized carbons (Fsp3) is 0.400. The molecule has 2 N–H and O–H groups in total. The van der Waals surface area contributed by atoms with Crippen LogP contribution in [0.2, 0.25) is 0 Å². The quantitative estimate of drug-likeness (QED) is 0.785. The number of halogens is 2. The second-order valence-corrected chi connectivity index (χ2v) is 4.15. The van der Waals surface area contributed by atoms with Gasteiger partial charge in [-0.25, -0.2) is 8.78 Å². The molecule has 0 saturated carbocycles. The number of hydrogen-bond donors (Lipinski definition) is 1. The van der Waals surface area contributed by atoms with Crippen molar-refractivity contribution in [1.29, 1.82) is 0 Å². The van der Waals surface area contributed by atoms with E-state index < -0.39 is 11.6 Å². The summed E-state index contributed by atoms with van der Waals surface area (Å²) < 4.78 is 25.3. The van der Waals surface area contributed by atoms with Gasteiger partial charge in [0.25, 0.3) is 0 Å². The molecule has 0 amide bonds. The molecule has 0 radical (unpaired) electrons. The van der Waals surface area contributed by atoms with Crippen LogP contribution >= 0.6 is 11.8 Å². The lowest BCUT2D eigenvalue weighted by Crippen LogP contribution is -2.21. The van der Waals surface area contributed by atoms with E-state index in [-0.39, 0.29) is 6.04 Å². The molecule has 1 atom stereocenters. The standard InChI is InChI=1S/C10H13F2NS/c1-2-7(13)6-14-8-3-4-9(11)10(12)5-8/h3-5,7H,2,6,13H2,1H3. The van der Waals surface area contributed by atoms with Gasteiger partial charge in [-0.15, -0.1) is 11.8 Å². The van der Waals surface area contributed by atoms with Crippen LogP contribution < -0.4 is 5.73 Å². The highest BCUT2D eigenvalue weighted by molar-refractivity contribution is 7.99. The van der Waals surface area contributed by atoms with Gasteiger partial charge in [-0.3, -0.25) is 0 Å². The molecule has 0 heterocycles. The third-order valence-corrected chi connectivity index (χ3v) is 3.06. The van der Waals surface area contributed by atoms with Crippen LogP contribution in [0.3, 0.4) is 0 Å². The van der Waals surface area contributed by atoms with Crippen LogP contribution in [0.4, 0.5) is 8.78 Å². The zero-order chi connectivity index (χ0) is 10.6. The van der Waals surface area contributed by atoms with Gasteiger partial charge in [0.1, 0.15) is 0 Å². The Morgan fingerprint density at radius 3 is 2.64 bits per heavy atom. The van der Waals surface area contributed by atoms with E-state index in [4.69, 9.17) is 5.73 Å². The van der Waals surface area contributed by atoms with Gasteiger partial charge in [-0.05, 0) is 24.6 Å². The van der Waals surface area contributed by atoms with Gasteiger partial charge in [0, 0.05) is 16.7 Å². The second kappa shape index (κ2) is 5.32. The predicted octanol–water partition coefficient (Wildman–Crippen LogP) is 2.79. The largest absolute Gasteiger partial charge is 0.327 e. The molecule has 0 spiro atoms. The smallest absolute Gasteiger partial charge is 0.159 e. The Bertz CT molecular complexity index is 304. The van der Waals surface area contributed by atoms with Crippen molar-refractivity contribution in [3.05, 3.63) is 29.8 Å². The number of benzene rings is 1. The summed E-state index contributed by atoms with van der Waals surface area (Å²) >= 11 is 1.44. The molecular formula is C10H13F2NS. The van der Waals surface area contributed by atoms with Crippen LogP contribution in [0.15, 0.2) is 23.1 Å². The van der Waals surface area contributed by atoms with Crippen molar-refractivity contribution in [1.82, 2.24) is 0 Å². The van der Waals surface area contributed by atoms with Crippen molar-refractivity contribution in [2.75, 3.05) is 5.75 Å². The van der Waals surface area contributed by atoms with Gasteiger partial charge in [-0.2, -0.15) is 0 Å². The molecular weight excluding hydrogens is 204 g/mol. The van der Waals surface area contributed by atoms with Crippen LogP contribution in [-0.2, 0) is 0 Å². The van der Waals surface area contributed by atoms with E-state index in [1.165, 1.54) is 17.8 Å². The maximum Gasteiger partial charge on any atom is 0.159 e. The monoisotopic (exact) mass is 217 g/mol. The SMILES string of the molecule is CCC(N)CSc1ccc(F)c(F)c1. The van der Waals surface area contributed by atoms with Crippen molar-refractivity contribution >= 4 is 11.8 Å². The molecule has 1 rings (SSSR count). The fourth-order valence-corrected chi connectivity index (χ4v) is 1.88. The molecule has 0 saturated heterocycles. The summed E-state index contributed by atoms with van der Waals surface area (Å²) in [5.41, 5.74) is 5.70. The molecule has 0 fully saturated rings. The van der Waals surface area contributed by atoms with Crippen LogP contribution in [-0.4, -0.2) is 11.8 Å². The molecule has 1 unspecified atom stereocenters. The highest BCUT2D eigenvalue weighted by atomic mass is 32.2. The van der Waals surface area contributed by atoms with Crippen molar-refractivity contribution in [2.45, 2.75) is 24.3 Å². The van der Waals surface area contributed by atoms with Gasteiger partial charge in [0.05, 0.1) is 0 Å². The van der Waals surface area contributed by atoms with Gasteiger partial charge in [0.2, 0.25) is 0 Å². The van der Waals surface area contributed by atoms with Crippen LogP contribution in [0.5, 0.6) is 0 Å². The molecule has 78 valence electrons. The summed E-state index contributed by atoms with van der Waals surface area (Å²) in [5, 5.41) is 0. The van der Waals surface area contributed by atoms with Crippen molar-refractivity contribution in [2.24, 2.45) is 5.73 Å². The van der Waals surface area contributed by atoms with Gasteiger partial charge in [-0.1, -0.05) is 6.92 Å². The Morgan fingerprint density at radius 2 is 2.07 bits per heavy atom. The molecule has 1 aromatic rings. The van der Waals surface area contributed by atoms with E-state index in [0.717, 1.165) is 18.2 Å². The lowest BCUT2D eigenvalue weighted by molar-refractivity contribution is 0.506. The summed E-state index contributed by atoms with van der Waals surface area (Å²) in [5.74, 6) is -0.893. The first kappa shape index (κ1) is 11.5. The Labute approximate surface area is 86.7 Å². The van der Waals surface area contributed by atoms with Gasteiger partial charge < -0.3 is 5.73 Å². The number of nitrogens with two attached hydrogens (primary N) is 1. The lowest BCUT2D eigenvalue weighted by Gasteiger charge is -2.07. The maximum absolute atomic E-state index is 12.8. The van der Waals surface area contributed by atoms with E-state index in [2.05, 4.69) is 0 Å². The third kappa shape index (κ3) is 3.27. The number of thioether (sulfide) groups is 1. The van der Waals surface area contributed by atoms with E-state index in [1.807, 2.05) is 6.92 Å². The lowest BCUT2D eigenvalue weighted by atomic mass is 10.3. The average molecular weight is 217 g/mol. The highest BCUT2D eigenvalue weighted by Gasteiger charge is 2.04. The fourth-order valence-electron chi connectivity index (χ4n) is 0.888. The van der Waals surface area contributed by atoms with Crippen molar-refractivity contribution < 1.29 is 8.78 Å². The Kier molecular flexibility index (Phi) is 4.35. The molecule has 14 heavy (non-hydrogen) atoms. The highest BCUT2D eigenvalue weighted by Crippen LogP contribution is 2.21. The Hall–Kier alpha value is -0.610. The Morgan fingerprint density at radius 1 is 1.36 bits per heavy atom. The minimum atomic E-state index is -0.811. The first-order valence-corrected chi connectivity index (χ1v) is 5.45. The van der Waals surface area contributed by atoms with E-state index >= 15 is 0 Å². The summed E-state index contributed by atoms with van der Waals surface area (Å²) in [6, 6.07) is 4.00. The van der Waals surface area contributed by atoms with Crippen LogP contribution in [0.1, 0.15) is 13.3 Å². The molecule has 0 bridgehead atoms. The molecule has 1 nitrogen and oxygen atoms in total. The molecule has 4 heteroatoms. The summed E-state index contributed by atoms with van der Waals surface area (Å²) in [6.07, 6.45) is 0.886. The number of rotatable bonds is 4. The van der Waals surface area contributed by atoms with Crippen molar-refractivity contribution in [3.63, 3.8) is 0 Å². The van der Waals surface area contributed by atoms with E-state index in [9.17, 15) is 8.78 Å². The maximum atomic E-state index is 12.8. The zero-order valence-electron chi connectivity index (χ0n) is 7.97. The van der Waals surface area contributed by atoms with Gasteiger partial charge >= 0.3 is 0 Å². The van der Waals surface area contributed by atoms with Crippen molar-refractivity contribution in [3.8, 4) is 0 Å². The van der Waals surface area contributed by atoms with Crippen LogP contribution in [0, 0.1) is 11.6 Å². The third-order valence-electron chi connectivity index (χ3n) is 1.88. The first-order chi connectivity index (χ1) is 6.63. The normalized spacial score (nSPS) is 12.9. The van der Waals surface area contributed by atoms with Gasteiger partial charge in [0.15, 0.2) is 11.6 Å². The Balaban J connectivity index is 2.55. The minimum absolute atomic E-state index is 0.105. The summed E-state index contributed by atoms with van der Waals surface area (Å²) in [7, 11) is 0. The number of hydrogen-bond acceptors (Lipinski definition) is 2. The molecule has 0 aliphatic carbocycles.